The molecule has 2 rings (SSSR count). The maximum Gasteiger partial charge on any atom is 0.276 e. The Morgan fingerprint density at radius 3 is 2.86 bits per heavy atom. The number of nitrogens with one attached hydrogen (secondary N) is 1. The smallest absolute Gasteiger partial charge is 0.276 e. The molecule has 7 heteroatoms. The van der Waals surface area contributed by atoms with Crippen LogP contribution in [0.3, 0.4) is 0 Å². The van der Waals surface area contributed by atoms with Crippen molar-refractivity contribution in [3.8, 4) is 0 Å². The molecule has 1 amide bonds. The molecule has 1 N–H and O–H groups in total. The fourth-order valence-corrected chi connectivity index (χ4v) is 2.77. The molecule has 1 fully saturated rings. The second kappa shape index (κ2) is 7.92. The van der Waals surface area contributed by atoms with Crippen LogP contribution in [0.5, 0.6) is 0 Å². The van der Waals surface area contributed by atoms with Crippen LogP contribution in [0.4, 0.5) is 0 Å². The Balaban J connectivity index is 2.08. The van der Waals surface area contributed by atoms with Gasteiger partial charge in [-0.15, -0.1) is 0 Å². The van der Waals surface area contributed by atoms with Crippen molar-refractivity contribution in [2.75, 3.05) is 19.8 Å². The van der Waals surface area contributed by atoms with Gasteiger partial charge in [0.1, 0.15) is 5.70 Å². The summed E-state index contributed by atoms with van der Waals surface area (Å²) in [6, 6.07) is 5.11. The van der Waals surface area contributed by atoms with Gasteiger partial charge in [-0.3, -0.25) is 9.69 Å². The van der Waals surface area contributed by atoms with E-state index in [4.69, 9.17) is 40.2 Å². The van der Waals surface area contributed by atoms with E-state index < -0.39 is 0 Å². The molecule has 0 atom stereocenters. The highest BCUT2D eigenvalue weighted by molar-refractivity contribution is 7.80. The average molecular weight is 359 g/mol. The van der Waals surface area contributed by atoms with Crippen LogP contribution in [0.1, 0.15) is 18.9 Å². The lowest BCUT2D eigenvalue weighted by atomic mass is 10.2. The fourth-order valence-electron chi connectivity index (χ4n) is 2.02. The number of nitrogens with zero attached hydrogens (tertiary/aromatic N) is 1. The Kier molecular flexibility index (Phi) is 6.20. The van der Waals surface area contributed by atoms with Crippen LogP contribution in [0, 0.1) is 0 Å². The molecule has 1 aliphatic heterocycles. The summed E-state index contributed by atoms with van der Waals surface area (Å²) < 4.78 is 5.27. The van der Waals surface area contributed by atoms with Crippen LogP contribution in [0.15, 0.2) is 23.9 Å². The number of carbonyl (C=O) groups is 1. The lowest BCUT2D eigenvalue weighted by Crippen LogP contribution is -2.32. The molecule has 0 bridgehead atoms. The summed E-state index contributed by atoms with van der Waals surface area (Å²) in [5.74, 6) is -0.160. The van der Waals surface area contributed by atoms with Gasteiger partial charge in [0.05, 0.1) is 0 Å². The van der Waals surface area contributed by atoms with Crippen molar-refractivity contribution >= 4 is 52.5 Å². The molecule has 1 heterocycles. The molecule has 0 aliphatic carbocycles. The molecule has 0 unspecified atom stereocenters. The molecule has 1 saturated heterocycles. The highest BCUT2D eigenvalue weighted by Crippen LogP contribution is 2.24. The number of rotatable bonds is 6. The summed E-state index contributed by atoms with van der Waals surface area (Å²) in [5.41, 5.74) is 1.12. The summed E-state index contributed by atoms with van der Waals surface area (Å²) in [6.07, 6.45) is 2.41. The molecule has 1 aromatic rings. The van der Waals surface area contributed by atoms with Crippen molar-refractivity contribution in [3.63, 3.8) is 0 Å². The van der Waals surface area contributed by atoms with Crippen molar-refractivity contribution in [2.24, 2.45) is 0 Å². The molecular formula is C15H16Cl2N2O2S. The SMILES string of the molecule is CCOCCCN1C(=O)/C(=C\c2ccc(Cl)cc2Cl)NC1=S. The third-order valence-electron chi connectivity index (χ3n) is 3.10. The molecule has 1 aliphatic rings. The van der Waals surface area contributed by atoms with E-state index in [1.54, 1.807) is 24.3 Å². The highest BCUT2D eigenvalue weighted by Gasteiger charge is 2.30. The van der Waals surface area contributed by atoms with E-state index in [0.717, 1.165) is 6.42 Å². The van der Waals surface area contributed by atoms with Gasteiger partial charge in [-0.05, 0) is 49.3 Å². The normalized spacial score (nSPS) is 16.5. The van der Waals surface area contributed by atoms with E-state index in [-0.39, 0.29) is 5.91 Å². The van der Waals surface area contributed by atoms with Gasteiger partial charge in [0, 0.05) is 29.8 Å². The van der Waals surface area contributed by atoms with E-state index in [1.165, 1.54) is 4.90 Å². The summed E-state index contributed by atoms with van der Waals surface area (Å²) >= 11 is 17.2. The van der Waals surface area contributed by atoms with Crippen LogP contribution < -0.4 is 5.32 Å². The maximum atomic E-state index is 12.4. The minimum Gasteiger partial charge on any atom is -0.382 e. The van der Waals surface area contributed by atoms with Crippen LogP contribution in [0.2, 0.25) is 10.0 Å². The second-order valence-corrected chi connectivity index (χ2v) is 5.89. The van der Waals surface area contributed by atoms with Crippen LogP contribution in [-0.4, -0.2) is 35.7 Å². The Morgan fingerprint density at radius 2 is 2.18 bits per heavy atom. The molecule has 0 saturated carbocycles. The monoisotopic (exact) mass is 358 g/mol. The standard InChI is InChI=1S/C15H16Cl2N2O2S/c1-2-21-7-3-6-19-14(20)13(18-15(19)22)8-10-4-5-11(16)9-12(10)17/h4-5,8-9H,2-3,6-7H2,1H3,(H,18,22)/b13-8+. The molecule has 0 aromatic heterocycles. The summed E-state index contributed by atoms with van der Waals surface area (Å²) in [6.45, 7) is 3.72. The number of benzene rings is 1. The molecule has 0 radical (unpaired) electrons. The number of halogens is 2. The van der Waals surface area contributed by atoms with Crippen molar-refractivity contribution in [2.45, 2.75) is 13.3 Å². The highest BCUT2D eigenvalue weighted by atomic mass is 35.5. The summed E-state index contributed by atoms with van der Waals surface area (Å²) in [4.78, 5) is 13.9. The predicted octanol–water partition coefficient (Wildman–Crippen LogP) is 3.48. The lowest BCUT2D eigenvalue weighted by Gasteiger charge is -2.13. The van der Waals surface area contributed by atoms with Crippen molar-refractivity contribution in [1.82, 2.24) is 10.2 Å². The van der Waals surface area contributed by atoms with Gasteiger partial charge in [-0.2, -0.15) is 0 Å². The van der Waals surface area contributed by atoms with E-state index >= 15 is 0 Å². The molecule has 118 valence electrons. The minimum absolute atomic E-state index is 0.160. The van der Waals surface area contributed by atoms with Gasteiger partial charge in [0.2, 0.25) is 0 Å². The average Bonchev–Trinajstić information content (AvgIpc) is 2.73. The van der Waals surface area contributed by atoms with Crippen molar-refractivity contribution in [3.05, 3.63) is 39.5 Å². The second-order valence-electron chi connectivity index (χ2n) is 4.66. The fraction of sp³-hybridized carbons (Fsp3) is 0.333. The van der Waals surface area contributed by atoms with E-state index in [1.807, 2.05) is 6.92 Å². The first kappa shape index (κ1) is 17.2. The van der Waals surface area contributed by atoms with Gasteiger partial charge in [-0.25, -0.2) is 0 Å². The van der Waals surface area contributed by atoms with Gasteiger partial charge in [0.15, 0.2) is 5.11 Å². The van der Waals surface area contributed by atoms with Gasteiger partial charge in [0.25, 0.3) is 5.91 Å². The van der Waals surface area contributed by atoms with Crippen LogP contribution in [0.25, 0.3) is 6.08 Å². The number of thiocarbonyl (C=S) groups is 1. The molecule has 1 aromatic carbocycles. The number of hydrogen-bond donors (Lipinski definition) is 1. The van der Waals surface area contributed by atoms with Crippen LogP contribution in [-0.2, 0) is 9.53 Å². The lowest BCUT2D eigenvalue weighted by molar-refractivity contribution is -0.122. The first-order valence-electron chi connectivity index (χ1n) is 6.90. The summed E-state index contributed by atoms with van der Waals surface area (Å²) in [5, 5.41) is 4.35. The molecule has 22 heavy (non-hydrogen) atoms. The van der Waals surface area contributed by atoms with E-state index in [9.17, 15) is 4.79 Å². The van der Waals surface area contributed by atoms with Crippen LogP contribution >= 0.6 is 35.4 Å². The van der Waals surface area contributed by atoms with Gasteiger partial charge >= 0.3 is 0 Å². The Labute approximate surface area is 145 Å². The molecule has 0 spiro atoms. The largest absolute Gasteiger partial charge is 0.382 e. The number of carbonyl (C=O) groups excluding carboxylic acids is 1. The first-order chi connectivity index (χ1) is 10.5. The van der Waals surface area contributed by atoms with Crippen molar-refractivity contribution < 1.29 is 9.53 Å². The predicted molar refractivity (Wildman–Crippen MR) is 93.0 cm³/mol. The quantitative estimate of drug-likeness (QED) is 0.480. The zero-order valence-electron chi connectivity index (χ0n) is 12.1. The number of hydrogen-bond acceptors (Lipinski definition) is 3. The number of amides is 1. The minimum atomic E-state index is -0.160. The Morgan fingerprint density at radius 1 is 1.41 bits per heavy atom. The maximum absolute atomic E-state index is 12.4. The topological polar surface area (TPSA) is 41.6 Å². The third-order valence-corrected chi connectivity index (χ3v) is 3.98. The van der Waals surface area contributed by atoms with E-state index in [0.29, 0.717) is 46.2 Å². The summed E-state index contributed by atoms with van der Waals surface area (Å²) in [7, 11) is 0. The third kappa shape index (κ3) is 4.20. The Bertz CT molecular complexity index is 620. The molecule has 4 nitrogen and oxygen atoms in total. The van der Waals surface area contributed by atoms with E-state index in [2.05, 4.69) is 5.32 Å². The zero-order chi connectivity index (χ0) is 16.1. The van der Waals surface area contributed by atoms with Crippen molar-refractivity contribution in [1.29, 1.82) is 0 Å². The first-order valence-corrected chi connectivity index (χ1v) is 8.06. The number of ether oxygens (including phenoxy) is 1. The van der Waals surface area contributed by atoms with Gasteiger partial charge < -0.3 is 10.1 Å². The molecular weight excluding hydrogens is 343 g/mol. The Hall–Kier alpha value is -1.14. The van der Waals surface area contributed by atoms with Gasteiger partial charge in [-0.1, -0.05) is 29.3 Å². The zero-order valence-corrected chi connectivity index (χ0v) is 14.4.